The molecule has 0 aliphatic carbocycles. The van der Waals surface area contributed by atoms with Crippen molar-refractivity contribution in [3.63, 3.8) is 0 Å². The van der Waals surface area contributed by atoms with Gasteiger partial charge in [-0.15, -0.1) is 0 Å². The third-order valence-corrected chi connectivity index (χ3v) is 3.87. The Labute approximate surface area is 115 Å². The molecule has 2 N–H and O–H groups in total. The Balaban J connectivity index is 1.85. The van der Waals surface area contributed by atoms with E-state index in [1.165, 1.54) is 11.1 Å². The van der Waals surface area contributed by atoms with Gasteiger partial charge in [0.25, 0.3) is 0 Å². The van der Waals surface area contributed by atoms with Crippen LogP contribution in [0.3, 0.4) is 0 Å². The van der Waals surface area contributed by atoms with Crippen LogP contribution in [-0.4, -0.2) is 16.8 Å². The van der Waals surface area contributed by atoms with Crippen molar-refractivity contribution >= 4 is 5.91 Å². The lowest BCUT2D eigenvalue weighted by atomic mass is 10.0. The lowest BCUT2D eigenvalue weighted by molar-refractivity contribution is -0.135. The van der Waals surface area contributed by atoms with Crippen molar-refractivity contribution in [1.29, 1.82) is 0 Å². The highest BCUT2D eigenvalue weighted by Crippen LogP contribution is 2.24. The van der Waals surface area contributed by atoms with Gasteiger partial charge in [-0.05, 0) is 30.9 Å². The highest BCUT2D eigenvalue weighted by atomic mass is 16.2. The number of hydrogen-bond donors (Lipinski definition) is 1. The molecule has 0 saturated carbocycles. The number of hydrogen-bond acceptors (Lipinski definition) is 2. The van der Waals surface area contributed by atoms with Crippen LogP contribution in [0.4, 0.5) is 0 Å². The molecule has 0 bridgehead atoms. The Kier molecular flexibility index (Phi) is 4.59. The normalized spacial score (nSPS) is 17.1. The lowest BCUT2D eigenvalue weighted by Gasteiger charge is -2.20. The summed E-state index contributed by atoms with van der Waals surface area (Å²) in [6.45, 7) is 5.59. The minimum absolute atomic E-state index is 0.105. The van der Waals surface area contributed by atoms with Gasteiger partial charge in [0.15, 0.2) is 0 Å². The minimum atomic E-state index is 0.105. The first-order chi connectivity index (χ1) is 9.08. The molecule has 0 saturated heterocycles. The van der Waals surface area contributed by atoms with Crippen LogP contribution in [0.2, 0.25) is 0 Å². The summed E-state index contributed by atoms with van der Waals surface area (Å²) in [6.07, 6.45) is 2.97. The topological polar surface area (TPSA) is 46.3 Å². The van der Waals surface area contributed by atoms with Crippen LogP contribution in [0.25, 0.3) is 0 Å². The Morgan fingerprint density at radius 2 is 1.79 bits per heavy atom. The Hall–Kier alpha value is -1.35. The average Bonchev–Trinajstić information content (AvgIpc) is 2.80. The Bertz CT molecular complexity index is 417. The van der Waals surface area contributed by atoms with E-state index in [0.717, 1.165) is 32.4 Å². The zero-order valence-corrected chi connectivity index (χ0v) is 11.9. The molecule has 3 heteroatoms. The molecule has 1 aliphatic heterocycles. The zero-order valence-electron chi connectivity index (χ0n) is 11.9. The number of carbonyl (C=O) groups excluding carboxylic acids is 1. The fourth-order valence-corrected chi connectivity index (χ4v) is 2.67. The molecule has 104 valence electrons. The number of nitrogens with zero attached hydrogens (tertiary/aromatic N) is 1. The Morgan fingerprint density at radius 1 is 1.21 bits per heavy atom. The van der Waals surface area contributed by atoms with Crippen LogP contribution >= 0.6 is 0 Å². The summed E-state index contributed by atoms with van der Waals surface area (Å²) in [5.74, 6) is 0.383. The molecular formula is C16H24N2O. The summed E-state index contributed by atoms with van der Waals surface area (Å²) in [7, 11) is 0. The van der Waals surface area contributed by atoms with Crippen molar-refractivity contribution in [3.8, 4) is 0 Å². The predicted molar refractivity (Wildman–Crippen MR) is 77.4 cm³/mol. The summed E-state index contributed by atoms with van der Waals surface area (Å²) in [4.78, 5) is 14.4. The number of rotatable bonds is 5. The van der Waals surface area contributed by atoms with Crippen molar-refractivity contribution in [3.05, 3.63) is 35.4 Å². The van der Waals surface area contributed by atoms with Gasteiger partial charge in [-0.1, -0.05) is 37.6 Å². The van der Waals surface area contributed by atoms with Gasteiger partial charge in [-0.2, -0.15) is 0 Å². The van der Waals surface area contributed by atoms with Gasteiger partial charge in [-0.25, -0.2) is 0 Å². The average molecular weight is 260 g/mol. The van der Waals surface area contributed by atoms with Crippen molar-refractivity contribution < 1.29 is 4.79 Å². The van der Waals surface area contributed by atoms with Gasteiger partial charge in [0.2, 0.25) is 5.91 Å². The summed E-state index contributed by atoms with van der Waals surface area (Å²) >= 11 is 0. The van der Waals surface area contributed by atoms with Crippen LogP contribution in [-0.2, 0) is 17.9 Å². The fraction of sp³-hybridized carbons (Fsp3) is 0.562. The third-order valence-electron chi connectivity index (χ3n) is 3.87. The van der Waals surface area contributed by atoms with Gasteiger partial charge < -0.3 is 10.6 Å². The van der Waals surface area contributed by atoms with Crippen molar-refractivity contribution in [2.75, 3.05) is 0 Å². The monoisotopic (exact) mass is 260 g/mol. The van der Waals surface area contributed by atoms with Crippen molar-refractivity contribution in [1.82, 2.24) is 4.90 Å². The van der Waals surface area contributed by atoms with E-state index >= 15 is 0 Å². The molecule has 3 nitrogen and oxygen atoms in total. The van der Waals surface area contributed by atoms with E-state index in [9.17, 15) is 4.79 Å². The first kappa shape index (κ1) is 14.1. The van der Waals surface area contributed by atoms with E-state index in [2.05, 4.69) is 12.1 Å². The second-order valence-electron chi connectivity index (χ2n) is 5.77. The molecule has 1 aliphatic rings. The molecule has 0 spiro atoms. The highest BCUT2D eigenvalue weighted by Gasteiger charge is 2.26. The van der Waals surface area contributed by atoms with E-state index in [1.807, 2.05) is 30.9 Å². The van der Waals surface area contributed by atoms with Crippen LogP contribution < -0.4 is 5.73 Å². The molecule has 1 aromatic rings. The standard InChI is InChI=1S/C16H24N2O/c1-12(6-5-7-13(2)17)16(19)18-10-14-8-3-4-9-15(14)11-18/h3-4,8-9,12-13H,5-7,10-11,17H2,1-2H3. The van der Waals surface area contributed by atoms with Crippen LogP contribution in [0, 0.1) is 5.92 Å². The zero-order chi connectivity index (χ0) is 13.8. The van der Waals surface area contributed by atoms with Gasteiger partial charge in [0.1, 0.15) is 0 Å². The molecule has 0 aromatic heterocycles. The van der Waals surface area contributed by atoms with Crippen molar-refractivity contribution in [2.45, 2.75) is 52.2 Å². The summed E-state index contributed by atoms with van der Waals surface area (Å²) in [5.41, 5.74) is 8.32. The smallest absolute Gasteiger partial charge is 0.226 e. The summed E-state index contributed by atoms with van der Waals surface area (Å²) < 4.78 is 0. The third kappa shape index (κ3) is 3.57. The molecule has 1 aromatic carbocycles. The number of nitrogens with two attached hydrogens (primary N) is 1. The van der Waals surface area contributed by atoms with E-state index in [-0.39, 0.29) is 17.9 Å². The maximum atomic E-state index is 12.4. The molecule has 19 heavy (non-hydrogen) atoms. The van der Waals surface area contributed by atoms with Crippen LogP contribution in [0.15, 0.2) is 24.3 Å². The highest BCUT2D eigenvalue weighted by molar-refractivity contribution is 5.79. The number of amides is 1. The minimum Gasteiger partial charge on any atom is -0.334 e. The molecular weight excluding hydrogens is 236 g/mol. The molecule has 0 fully saturated rings. The lowest BCUT2D eigenvalue weighted by Crippen LogP contribution is -2.30. The number of carbonyl (C=O) groups is 1. The molecule has 1 heterocycles. The van der Waals surface area contributed by atoms with Gasteiger partial charge in [0.05, 0.1) is 0 Å². The van der Waals surface area contributed by atoms with Crippen molar-refractivity contribution in [2.24, 2.45) is 11.7 Å². The second kappa shape index (κ2) is 6.20. The fourth-order valence-electron chi connectivity index (χ4n) is 2.67. The molecule has 0 radical (unpaired) electrons. The molecule has 2 atom stereocenters. The molecule has 2 rings (SSSR count). The molecule has 1 amide bonds. The van der Waals surface area contributed by atoms with E-state index in [1.54, 1.807) is 0 Å². The van der Waals surface area contributed by atoms with Crippen LogP contribution in [0.5, 0.6) is 0 Å². The molecule has 2 unspecified atom stereocenters. The van der Waals surface area contributed by atoms with E-state index in [0.29, 0.717) is 0 Å². The number of benzene rings is 1. The largest absolute Gasteiger partial charge is 0.334 e. The maximum Gasteiger partial charge on any atom is 0.226 e. The van der Waals surface area contributed by atoms with Crippen LogP contribution in [0.1, 0.15) is 44.2 Å². The maximum absolute atomic E-state index is 12.4. The van der Waals surface area contributed by atoms with Gasteiger partial charge >= 0.3 is 0 Å². The van der Waals surface area contributed by atoms with E-state index in [4.69, 9.17) is 5.73 Å². The number of fused-ring (bicyclic) bond motifs is 1. The Morgan fingerprint density at radius 3 is 2.32 bits per heavy atom. The second-order valence-corrected chi connectivity index (χ2v) is 5.77. The van der Waals surface area contributed by atoms with E-state index < -0.39 is 0 Å². The summed E-state index contributed by atoms with van der Waals surface area (Å²) in [5, 5.41) is 0. The predicted octanol–water partition coefficient (Wildman–Crippen LogP) is 2.68. The van der Waals surface area contributed by atoms with Gasteiger partial charge in [0, 0.05) is 25.0 Å². The first-order valence-corrected chi connectivity index (χ1v) is 7.19. The first-order valence-electron chi connectivity index (χ1n) is 7.19. The van der Waals surface area contributed by atoms with Gasteiger partial charge in [-0.3, -0.25) is 4.79 Å². The SMILES string of the molecule is CC(N)CCCC(C)C(=O)N1Cc2ccccc2C1. The quantitative estimate of drug-likeness (QED) is 0.884. The summed E-state index contributed by atoms with van der Waals surface area (Å²) in [6, 6.07) is 8.54.